The van der Waals surface area contributed by atoms with Crippen molar-refractivity contribution in [1.29, 1.82) is 0 Å². The van der Waals surface area contributed by atoms with E-state index >= 15 is 0 Å². The molecule has 1 aromatic carbocycles. The van der Waals surface area contributed by atoms with Crippen LogP contribution in [0.15, 0.2) is 18.2 Å². The van der Waals surface area contributed by atoms with Crippen LogP contribution in [0.4, 0.5) is 17.6 Å². The van der Waals surface area contributed by atoms with E-state index in [0.29, 0.717) is 24.8 Å². The molecule has 1 aliphatic carbocycles. The van der Waals surface area contributed by atoms with Gasteiger partial charge in [-0.25, -0.2) is 4.39 Å². The Labute approximate surface area is 138 Å². The van der Waals surface area contributed by atoms with Crippen LogP contribution >= 0.6 is 0 Å². The molecule has 1 saturated carbocycles. The maximum absolute atomic E-state index is 13.9. The molecule has 1 aliphatic rings. The number of methoxy groups -OCH3 is 1. The van der Waals surface area contributed by atoms with Gasteiger partial charge in [-0.05, 0) is 25.0 Å². The Hall–Kier alpha value is -1.63. The van der Waals surface area contributed by atoms with Gasteiger partial charge in [0.05, 0.1) is 12.5 Å². The number of hydrogen-bond acceptors (Lipinski definition) is 2. The Morgan fingerprint density at radius 2 is 1.96 bits per heavy atom. The van der Waals surface area contributed by atoms with Crippen molar-refractivity contribution in [3.8, 4) is 0 Å². The molecule has 0 bridgehead atoms. The molecule has 7 heteroatoms. The van der Waals surface area contributed by atoms with Crippen molar-refractivity contribution in [3.05, 3.63) is 35.1 Å². The molecule has 0 N–H and O–H groups in total. The molecule has 2 rings (SSSR count). The van der Waals surface area contributed by atoms with Crippen molar-refractivity contribution in [2.24, 2.45) is 5.92 Å². The lowest BCUT2D eigenvalue weighted by atomic mass is 9.83. The van der Waals surface area contributed by atoms with E-state index in [1.54, 1.807) is 0 Å². The van der Waals surface area contributed by atoms with Gasteiger partial charge in [-0.3, -0.25) is 4.79 Å². The smallest absolute Gasteiger partial charge is 0.380 e. The number of hydrogen-bond donors (Lipinski definition) is 0. The van der Waals surface area contributed by atoms with Gasteiger partial charge in [0.15, 0.2) is 0 Å². The third-order valence-corrected chi connectivity index (χ3v) is 4.57. The molecular formula is C17H21F4NO2. The first kappa shape index (κ1) is 18.7. The van der Waals surface area contributed by atoms with Gasteiger partial charge in [-0.15, -0.1) is 0 Å². The molecule has 0 aromatic heterocycles. The molecule has 0 unspecified atom stereocenters. The lowest BCUT2D eigenvalue weighted by Crippen LogP contribution is -2.48. The van der Waals surface area contributed by atoms with Gasteiger partial charge in [0, 0.05) is 31.3 Å². The van der Waals surface area contributed by atoms with Crippen molar-refractivity contribution < 1.29 is 27.1 Å². The average molecular weight is 347 g/mol. The molecule has 0 radical (unpaired) electrons. The van der Waals surface area contributed by atoms with Crippen LogP contribution < -0.4 is 0 Å². The quantitative estimate of drug-likeness (QED) is 0.765. The Balaban J connectivity index is 2.20. The maximum atomic E-state index is 13.9. The zero-order valence-electron chi connectivity index (χ0n) is 13.7. The Morgan fingerprint density at radius 1 is 1.29 bits per heavy atom. The van der Waals surface area contributed by atoms with Gasteiger partial charge in [0.1, 0.15) is 5.82 Å². The molecule has 134 valence electrons. The highest BCUT2D eigenvalue weighted by atomic mass is 19.4. The fraction of sp³-hybridized carbons (Fsp3) is 0.588. The molecular weight excluding hydrogens is 326 g/mol. The second-order valence-corrected chi connectivity index (χ2v) is 6.16. The van der Waals surface area contributed by atoms with Crippen molar-refractivity contribution in [2.75, 3.05) is 14.2 Å². The van der Waals surface area contributed by atoms with Gasteiger partial charge in [0.25, 0.3) is 5.91 Å². The van der Waals surface area contributed by atoms with E-state index in [9.17, 15) is 22.4 Å². The highest BCUT2D eigenvalue weighted by Crippen LogP contribution is 2.40. The first-order valence-electron chi connectivity index (χ1n) is 7.87. The first-order valence-corrected chi connectivity index (χ1v) is 7.87. The number of alkyl halides is 3. The Bertz CT molecular complexity index is 588. The topological polar surface area (TPSA) is 29.5 Å². The Kier molecular flexibility index (Phi) is 5.85. The average Bonchev–Trinajstić information content (AvgIpc) is 2.54. The number of rotatable bonds is 4. The number of nitrogens with zero attached hydrogens (tertiary/aromatic N) is 1. The summed E-state index contributed by atoms with van der Waals surface area (Å²) in [7, 11) is 2.78. The SMILES string of the molecule is COCc1ccc(C(=O)N(C)[C@H]2CCCC[C@H]2C(F)(F)F)cc1F. The van der Waals surface area contributed by atoms with Gasteiger partial charge >= 0.3 is 6.18 Å². The molecule has 1 amide bonds. The molecule has 1 aromatic rings. The number of amides is 1. The van der Waals surface area contributed by atoms with Crippen LogP contribution in [0.1, 0.15) is 41.6 Å². The number of carbonyl (C=O) groups is 1. The largest absolute Gasteiger partial charge is 0.393 e. The van der Waals surface area contributed by atoms with Gasteiger partial charge in [-0.1, -0.05) is 18.9 Å². The summed E-state index contributed by atoms with van der Waals surface area (Å²) in [6.07, 6.45) is -2.87. The number of carbonyl (C=O) groups excluding carboxylic acids is 1. The van der Waals surface area contributed by atoms with Crippen LogP contribution in [-0.4, -0.2) is 37.2 Å². The molecule has 1 fully saturated rings. The highest BCUT2D eigenvalue weighted by Gasteiger charge is 2.47. The minimum atomic E-state index is -4.34. The second kappa shape index (κ2) is 7.51. The first-order chi connectivity index (χ1) is 11.3. The van der Waals surface area contributed by atoms with E-state index < -0.39 is 29.9 Å². The lowest BCUT2D eigenvalue weighted by molar-refractivity contribution is -0.195. The fourth-order valence-electron chi connectivity index (χ4n) is 3.26. The van der Waals surface area contributed by atoms with E-state index in [1.807, 2.05) is 0 Å². The van der Waals surface area contributed by atoms with E-state index in [2.05, 4.69) is 0 Å². The zero-order valence-corrected chi connectivity index (χ0v) is 13.7. The molecule has 0 spiro atoms. The zero-order chi connectivity index (χ0) is 17.9. The van der Waals surface area contributed by atoms with Crippen LogP contribution in [0, 0.1) is 11.7 Å². The Morgan fingerprint density at radius 3 is 2.54 bits per heavy atom. The van der Waals surface area contributed by atoms with Crippen molar-refractivity contribution in [3.63, 3.8) is 0 Å². The van der Waals surface area contributed by atoms with Crippen LogP contribution in [0.25, 0.3) is 0 Å². The normalized spacial score (nSPS) is 21.6. The van der Waals surface area contributed by atoms with E-state index in [4.69, 9.17) is 4.74 Å². The molecule has 2 atom stereocenters. The third kappa shape index (κ3) is 4.06. The fourth-order valence-corrected chi connectivity index (χ4v) is 3.26. The molecule has 0 heterocycles. The number of benzene rings is 1. The summed E-state index contributed by atoms with van der Waals surface area (Å²) in [6.45, 7) is 0.0644. The summed E-state index contributed by atoms with van der Waals surface area (Å²) in [5.41, 5.74) is 0.337. The van der Waals surface area contributed by atoms with Crippen LogP contribution in [0.3, 0.4) is 0 Å². The van der Waals surface area contributed by atoms with E-state index in [-0.39, 0.29) is 18.6 Å². The molecule has 24 heavy (non-hydrogen) atoms. The lowest BCUT2D eigenvalue weighted by Gasteiger charge is -2.38. The summed E-state index contributed by atoms with van der Waals surface area (Å²) in [5, 5.41) is 0. The minimum Gasteiger partial charge on any atom is -0.380 e. The molecule has 0 saturated heterocycles. The summed E-state index contributed by atoms with van der Waals surface area (Å²) in [4.78, 5) is 13.6. The minimum absolute atomic E-state index is 0.0208. The number of ether oxygens (including phenoxy) is 1. The summed E-state index contributed by atoms with van der Waals surface area (Å²) < 4.78 is 58.4. The highest BCUT2D eigenvalue weighted by molar-refractivity contribution is 5.94. The predicted molar refractivity (Wildman–Crippen MR) is 81.0 cm³/mol. The van der Waals surface area contributed by atoms with Crippen LogP contribution in [-0.2, 0) is 11.3 Å². The van der Waals surface area contributed by atoms with Gasteiger partial charge in [-0.2, -0.15) is 13.2 Å². The van der Waals surface area contributed by atoms with Crippen molar-refractivity contribution in [2.45, 2.75) is 44.5 Å². The van der Waals surface area contributed by atoms with Crippen molar-refractivity contribution >= 4 is 5.91 Å². The van der Waals surface area contributed by atoms with E-state index in [0.717, 1.165) is 11.0 Å². The summed E-state index contributed by atoms with van der Waals surface area (Å²) in [6, 6.07) is 2.98. The van der Waals surface area contributed by atoms with Crippen LogP contribution in [0.2, 0.25) is 0 Å². The standard InChI is InChI=1S/C17H21F4NO2/c1-22(15-6-4-3-5-13(15)17(19,20)21)16(23)11-7-8-12(10-24-2)14(18)9-11/h7-9,13,15H,3-6,10H2,1-2H3/t13-,15+/m1/s1. The molecule has 3 nitrogen and oxygen atoms in total. The van der Waals surface area contributed by atoms with Gasteiger partial charge in [0.2, 0.25) is 0 Å². The van der Waals surface area contributed by atoms with Crippen molar-refractivity contribution in [1.82, 2.24) is 4.90 Å². The molecule has 0 aliphatic heterocycles. The summed E-state index contributed by atoms with van der Waals surface area (Å²) >= 11 is 0. The third-order valence-electron chi connectivity index (χ3n) is 4.57. The predicted octanol–water partition coefficient (Wildman–Crippen LogP) is 4.17. The van der Waals surface area contributed by atoms with Crippen LogP contribution in [0.5, 0.6) is 0 Å². The maximum Gasteiger partial charge on any atom is 0.393 e. The monoisotopic (exact) mass is 347 g/mol. The summed E-state index contributed by atoms with van der Waals surface area (Å²) in [5.74, 6) is -2.73. The number of halogens is 4. The van der Waals surface area contributed by atoms with Gasteiger partial charge < -0.3 is 9.64 Å². The van der Waals surface area contributed by atoms with E-state index in [1.165, 1.54) is 26.3 Å². The second-order valence-electron chi connectivity index (χ2n) is 6.16.